The third-order valence-corrected chi connectivity index (χ3v) is 2.23. The van der Waals surface area contributed by atoms with E-state index in [4.69, 9.17) is 9.52 Å². The first-order chi connectivity index (χ1) is 7.66. The van der Waals surface area contributed by atoms with Gasteiger partial charge in [0.1, 0.15) is 11.5 Å². The van der Waals surface area contributed by atoms with Gasteiger partial charge < -0.3 is 14.8 Å². The van der Waals surface area contributed by atoms with Gasteiger partial charge >= 0.3 is 0 Å². The lowest BCUT2D eigenvalue weighted by molar-refractivity contribution is 0.102. The number of carbonyl (C=O) groups is 1. The lowest BCUT2D eigenvalue weighted by Crippen LogP contribution is -2.11. The number of aryl methyl sites for hydroxylation is 1. The van der Waals surface area contributed by atoms with Gasteiger partial charge in [-0.25, -0.2) is 0 Å². The minimum atomic E-state index is -0.225. The van der Waals surface area contributed by atoms with Gasteiger partial charge in [-0.2, -0.15) is 0 Å². The number of phenols is 1. The average Bonchev–Trinajstić information content (AvgIpc) is 2.68. The van der Waals surface area contributed by atoms with Crippen molar-refractivity contribution >= 4 is 11.6 Å². The number of phenolic OH excluding ortho intramolecular Hbond substituents is 1. The maximum atomic E-state index is 11.7. The van der Waals surface area contributed by atoms with E-state index in [1.807, 2.05) is 0 Å². The summed E-state index contributed by atoms with van der Waals surface area (Å²) in [5.41, 5.74) is 1.14. The number of furan rings is 1. The lowest BCUT2D eigenvalue weighted by Gasteiger charge is -2.03. The fourth-order valence-electron chi connectivity index (χ4n) is 1.36. The van der Waals surface area contributed by atoms with Crippen molar-refractivity contribution in [3.63, 3.8) is 0 Å². The normalized spacial score (nSPS) is 10.1. The van der Waals surface area contributed by atoms with Crippen molar-refractivity contribution in [1.82, 2.24) is 0 Å². The highest BCUT2D eigenvalue weighted by molar-refractivity contribution is 6.04. The maximum Gasteiger partial charge on any atom is 0.259 e. The summed E-state index contributed by atoms with van der Waals surface area (Å²) in [6.07, 6.45) is 1.47. The molecule has 0 fully saturated rings. The van der Waals surface area contributed by atoms with Crippen LogP contribution in [0, 0.1) is 6.92 Å². The number of benzene rings is 1. The number of aromatic hydroxyl groups is 1. The van der Waals surface area contributed by atoms with Gasteiger partial charge in [0.05, 0.1) is 11.8 Å². The van der Waals surface area contributed by atoms with Gasteiger partial charge in [-0.3, -0.25) is 4.79 Å². The Morgan fingerprint density at radius 2 is 1.94 bits per heavy atom. The number of anilines is 1. The summed E-state index contributed by atoms with van der Waals surface area (Å²) >= 11 is 0. The molecule has 1 aromatic heterocycles. The second-order valence-corrected chi connectivity index (χ2v) is 3.39. The monoisotopic (exact) mass is 217 g/mol. The van der Waals surface area contributed by atoms with Crippen molar-refractivity contribution < 1.29 is 14.3 Å². The number of amides is 1. The number of hydrogen-bond donors (Lipinski definition) is 2. The quantitative estimate of drug-likeness (QED) is 0.760. The van der Waals surface area contributed by atoms with Crippen molar-refractivity contribution in [2.75, 3.05) is 5.32 Å². The van der Waals surface area contributed by atoms with Crippen LogP contribution >= 0.6 is 0 Å². The number of hydrogen-bond acceptors (Lipinski definition) is 3. The Hall–Kier alpha value is -2.23. The van der Waals surface area contributed by atoms with Gasteiger partial charge in [0.15, 0.2) is 0 Å². The molecule has 16 heavy (non-hydrogen) atoms. The first kappa shape index (κ1) is 10.3. The van der Waals surface area contributed by atoms with Gasteiger partial charge in [0.25, 0.3) is 5.91 Å². The molecule has 4 heteroatoms. The summed E-state index contributed by atoms with van der Waals surface area (Å²) < 4.78 is 5.04. The van der Waals surface area contributed by atoms with E-state index in [1.54, 1.807) is 25.1 Å². The van der Waals surface area contributed by atoms with Crippen molar-refractivity contribution in [2.24, 2.45) is 0 Å². The van der Waals surface area contributed by atoms with Crippen LogP contribution in [0.1, 0.15) is 16.1 Å². The second-order valence-electron chi connectivity index (χ2n) is 3.39. The predicted molar refractivity (Wildman–Crippen MR) is 59.5 cm³/mol. The van der Waals surface area contributed by atoms with E-state index in [0.29, 0.717) is 17.0 Å². The summed E-state index contributed by atoms with van der Waals surface area (Å²) in [5, 5.41) is 11.8. The van der Waals surface area contributed by atoms with Crippen LogP contribution in [0.3, 0.4) is 0 Å². The van der Waals surface area contributed by atoms with Crippen LogP contribution in [0.25, 0.3) is 0 Å². The SMILES string of the molecule is Cc1occc1C(=O)Nc1ccc(O)cc1. The zero-order valence-corrected chi connectivity index (χ0v) is 8.73. The number of rotatable bonds is 2. The minimum absolute atomic E-state index is 0.164. The summed E-state index contributed by atoms with van der Waals surface area (Å²) in [5.74, 6) is 0.519. The van der Waals surface area contributed by atoms with Gasteiger partial charge in [0.2, 0.25) is 0 Å². The fraction of sp³-hybridized carbons (Fsp3) is 0.0833. The molecule has 0 aliphatic rings. The first-order valence-electron chi connectivity index (χ1n) is 4.81. The third kappa shape index (κ3) is 2.06. The molecule has 82 valence electrons. The lowest BCUT2D eigenvalue weighted by atomic mass is 10.2. The molecule has 0 saturated carbocycles. The highest BCUT2D eigenvalue weighted by Crippen LogP contribution is 2.16. The second kappa shape index (κ2) is 4.10. The molecule has 1 heterocycles. The van der Waals surface area contributed by atoms with Crippen LogP contribution in [-0.4, -0.2) is 11.0 Å². The van der Waals surface area contributed by atoms with E-state index >= 15 is 0 Å². The van der Waals surface area contributed by atoms with Gasteiger partial charge in [-0.1, -0.05) is 0 Å². The molecule has 1 amide bonds. The Kier molecular flexibility index (Phi) is 2.64. The molecule has 1 aromatic carbocycles. The highest BCUT2D eigenvalue weighted by atomic mass is 16.3. The molecule has 0 spiro atoms. The summed E-state index contributed by atoms with van der Waals surface area (Å²) in [6, 6.07) is 7.89. The molecule has 0 radical (unpaired) electrons. The summed E-state index contributed by atoms with van der Waals surface area (Å²) in [4.78, 5) is 11.7. The molecule has 0 bridgehead atoms. The number of nitrogens with one attached hydrogen (secondary N) is 1. The van der Waals surface area contributed by atoms with Crippen molar-refractivity contribution in [2.45, 2.75) is 6.92 Å². The zero-order valence-electron chi connectivity index (χ0n) is 8.73. The molecule has 0 unspecified atom stereocenters. The van der Waals surface area contributed by atoms with Gasteiger partial charge in [0, 0.05) is 5.69 Å². The molecule has 2 rings (SSSR count). The molecule has 0 atom stereocenters. The Morgan fingerprint density at radius 1 is 1.25 bits per heavy atom. The minimum Gasteiger partial charge on any atom is -0.508 e. The molecule has 2 N–H and O–H groups in total. The van der Waals surface area contributed by atoms with Crippen LogP contribution in [-0.2, 0) is 0 Å². The van der Waals surface area contributed by atoms with E-state index in [9.17, 15) is 4.79 Å². The zero-order chi connectivity index (χ0) is 11.5. The fourth-order valence-corrected chi connectivity index (χ4v) is 1.36. The van der Waals surface area contributed by atoms with Gasteiger partial charge in [-0.05, 0) is 37.3 Å². The predicted octanol–water partition coefficient (Wildman–Crippen LogP) is 2.55. The molecule has 0 saturated heterocycles. The molecule has 4 nitrogen and oxygen atoms in total. The Balaban J connectivity index is 2.14. The summed E-state index contributed by atoms with van der Waals surface area (Å²) in [6.45, 7) is 1.73. The van der Waals surface area contributed by atoms with Crippen LogP contribution in [0.5, 0.6) is 5.75 Å². The Bertz CT molecular complexity index is 499. The van der Waals surface area contributed by atoms with Crippen molar-refractivity contribution in [1.29, 1.82) is 0 Å². The van der Waals surface area contributed by atoms with Gasteiger partial charge in [-0.15, -0.1) is 0 Å². The molecular formula is C12H11NO3. The molecule has 2 aromatic rings. The first-order valence-corrected chi connectivity index (χ1v) is 4.81. The van der Waals surface area contributed by atoms with Crippen LogP contribution in [0.15, 0.2) is 41.0 Å². The topological polar surface area (TPSA) is 62.5 Å². The van der Waals surface area contributed by atoms with Crippen molar-refractivity contribution in [3.05, 3.63) is 47.9 Å². The van der Waals surface area contributed by atoms with E-state index in [-0.39, 0.29) is 11.7 Å². The summed E-state index contributed by atoms with van der Waals surface area (Å²) in [7, 11) is 0. The van der Waals surface area contributed by atoms with E-state index < -0.39 is 0 Å². The largest absolute Gasteiger partial charge is 0.508 e. The Labute approximate surface area is 92.5 Å². The highest BCUT2D eigenvalue weighted by Gasteiger charge is 2.11. The Morgan fingerprint density at radius 3 is 2.50 bits per heavy atom. The third-order valence-electron chi connectivity index (χ3n) is 2.23. The molecular weight excluding hydrogens is 206 g/mol. The van der Waals surface area contributed by atoms with E-state index in [1.165, 1.54) is 18.4 Å². The number of carbonyl (C=O) groups excluding carboxylic acids is 1. The van der Waals surface area contributed by atoms with Crippen LogP contribution < -0.4 is 5.32 Å². The van der Waals surface area contributed by atoms with Crippen LogP contribution in [0.4, 0.5) is 5.69 Å². The van der Waals surface area contributed by atoms with Crippen molar-refractivity contribution in [3.8, 4) is 5.75 Å². The van der Waals surface area contributed by atoms with E-state index in [2.05, 4.69) is 5.32 Å². The van der Waals surface area contributed by atoms with E-state index in [0.717, 1.165) is 0 Å². The molecule has 0 aliphatic heterocycles. The standard InChI is InChI=1S/C12H11NO3/c1-8-11(6-7-16-8)12(15)13-9-2-4-10(14)5-3-9/h2-7,14H,1H3,(H,13,15). The molecule has 0 aliphatic carbocycles. The average molecular weight is 217 g/mol. The van der Waals surface area contributed by atoms with Crippen LogP contribution in [0.2, 0.25) is 0 Å². The maximum absolute atomic E-state index is 11.7. The smallest absolute Gasteiger partial charge is 0.259 e.